The molecule has 1 aromatic carbocycles. The van der Waals surface area contributed by atoms with E-state index in [1.807, 2.05) is 23.8 Å². The zero-order valence-electron chi connectivity index (χ0n) is 18.3. The highest BCUT2D eigenvalue weighted by molar-refractivity contribution is 7.89. The molecule has 4 aromatic rings. The van der Waals surface area contributed by atoms with Crippen molar-refractivity contribution >= 4 is 15.8 Å². The van der Waals surface area contributed by atoms with Gasteiger partial charge in [-0.2, -0.15) is 4.31 Å². The van der Waals surface area contributed by atoms with Crippen LogP contribution in [0.5, 0.6) is 0 Å². The first-order chi connectivity index (χ1) is 15.9. The molecule has 0 bridgehead atoms. The number of piperazine rings is 1. The van der Waals surface area contributed by atoms with Crippen molar-refractivity contribution in [3.63, 3.8) is 0 Å². The number of imidazole rings is 1. The first kappa shape index (κ1) is 21.3. The molecule has 33 heavy (non-hydrogen) atoms. The molecule has 0 radical (unpaired) electrons. The summed E-state index contributed by atoms with van der Waals surface area (Å²) in [5, 5.41) is 0. The van der Waals surface area contributed by atoms with Crippen molar-refractivity contribution in [3.05, 3.63) is 67.0 Å². The zero-order chi connectivity index (χ0) is 23.0. The van der Waals surface area contributed by atoms with Gasteiger partial charge in [-0.3, -0.25) is 4.57 Å². The van der Waals surface area contributed by atoms with Gasteiger partial charge in [-0.25, -0.2) is 28.4 Å². The van der Waals surface area contributed by atoms with Crippen molar-refractivity contribution in [2.24, 2.45) is 0 Å². The van der Waals surface area contributed by atoms with Crippen LogP contribution < -0.4 is 4.90 Å². The Bertz CT molecular complexity index is 1370. The van der Waals surface area contributed by atoms with E-state index in [1.165, 1.54) is 10.6 Å². The molecule has 10 nitrogen and oxygen atoms in total. The SMILES string of the molecule is Cc1nc(-c2ccc(S(=O)(=O)N3CCN(c4cc(-n5ccnc5C)ncn4)CC3)cc2)co1. The molecule has 0 N–H and O–H groups in total. The summed E-state index contributed by atoms with van der Waals surface area (Å²) in [7, 11) is -3.59. The van der Waals surface area contributed by atoms with Gasteiger partial charge >= 0.3 is 0 Å². The second-order valence-electron chi connectivity index (χ2n) is 7.75. The van der Waals surface area contributed by atoms with Gasteiger partial charge in [0.15, 0.2) is 5.89 Å². The fourth-order valence-electron chi connectivity index (χ4n) is 3.86. The van der Waals surface area contributed by atoms with Gasteiger partial charge in [-0.05, 0) is 19.1 Å². The molecular formula is C22H23N7O3S. The lowest BCUT2D eigenvalue weighted by atomic mass is 10.2. The standard InChI is InChI=1S/C22H23N7O3S/c1-16-23-7-8-29(16)22-13-21(24-15-25-22)27-9-11-28(12-10-27)33(30,31)19-5-3-18(4-6-19)20-14-32-17(2)26-20/h3-8,13-15H,9-12H2,1-2H3. The number of aryl methyl sites for hydroxylation is 2. The fraction of sp³-hybridized carbons (Fsp3) is 0.273. The van der Waals surface area contributed by atoms with Crippen LogP contribution in [0.4, 0.5) is 5.82 Å². The molecule has 4 heterocycles. The average Bonchev–Trinajstić information content (AvgIpc) is 3.47. The Labute approximate surface area is 191 Å². The first-order valence-corrected chi connectivity index (χ1v) is 12.0. The van der Waals surface area contributed by atoms with Crippen LogP contribution in [-0.2, 0) is 10.0 Å². The summed E-state index contributed by atoms with van der Waals surface area (Å²) < 4.78 is 35.0. The molecule has 0 unspecified atom stereocenters. The molecule has 0 atom stereocenters. The van der Waals surface area contributed by atoms with Gasteiger partial charge in [0, 0.05) is 57.1 Å². The maximum Gasteiger partial charge on any atom is 0.243 e. The Kier molecular flexibility index (Phi) is 5.43. The number of aromatic nitrogens is 5. The maximum absolute atomic E-state index is 13.2. The predicted molar refractivity (Wildman–Crippen MR) is 122 cm³/mol. The molecule has 1 fully saturated rings. The number of rotatable bonds is 5. The molecule has 0 amide bonds. The largest absolute Gasteiger partial charge is 0.449 e. The fourth-order valence-corrected chi connectivity index (χ4v) is 5.28. The Balaban J connectivity index is 1.28. The highest BCUT2D eigenvalue weighted by Gasteiger charge is 2.29. The van der Waals surface area contributed by atoms with E-state index in [0.717, 1.165) is 23.0 Å². The third-order valence-electron chi connectivity index (χ3n) is 5.68. The van der Waals surface area contributed by atoms with Crippen molar-refractivity contribution in [1.82, 2.24) is 28.8 Å². The molecule has 170 valence electrons. The monoisotopic (exact) mass is 465 g/mol. The number of anilines is 1. The van der Waals surface area contributed by atoms with Crippen LogP contribution in [-0.4, -0.2) is 63.4 Å². The van der Waals surface area contributed by atoms with Gasteiger partial charge in [0.2, 0.25) is 10.0 Å². The Hall–Kier alpha value is -3.57. The Morgan fingerprint density at radius 2 is 1.67 bits per heavy atom. The van der Waals surface area contributed by atoms with Crippen LogP contribution in [0, 0.1) is 13.8 Å². The third kappa shape index (κ3) is 4.12. The van der Waals surface area contributed by atoms with Gasteiger partial charge < -0.3 is 9.32 Å². The van der Waals surface area contributed by atoms with E-state index in [9.17, 15) is 8.42 Å². The molecule has 1 saturated heterocycles. The van der Waals surface area contributed by atoms with Gasteiger partial charge in [-0.1, -0.05) is 12.1 Å². The number of hydrogen-bond acceptors (Lipinski definition) is 8. The highest BCUT2D eigenvalue weighted by Crippen LogP contribution is 2.24. The second-order valence-corrected chi connectivity index (χ2v) is 9.68. The van der Waals surface area contributed by atoms with Crippen molar-refractivity contribution in [2.75, 3.05) is 31.1 Å². The molecule has 0 saturated carbocycles. The molecule has 1 aliphatic heterocycles. The zero-order valence-corrected chi connectivity index (χ0v) is 19.1. The van der Waals surface area contributed by atoms with Gasteiger partial charge in [0.05, 0.1) is 4.90 Å². The molecule has 3 aromatic heterocycles. The number of benzene rings is 1. The van der Waals surface area contributed by atoms with Crippen LogP contribution in [0.1, 0.15) is 11.7 Å². The Morgan fingerprint density at radius 1 is 0.939 bits per heavy atom. The van der Waals surface area contributed by atoms with Crippen LogP contribution in [0.25, 0.3) is 17.1 Å². The first-order valence-electron chi connectivity index (χ1n) is 10.5. The average molecular weight is 466 g/mol. The lowest BCUT2D eigenvalue weighted by molar-refractivity contribution is 0.383. The summed E-state index contributed by atoms with van der Waals surface area (Å²) in [4.78, 5) is 19.6. The van der Waals surface area contributed by atoms with Gasteiger partial charge in [0.25, 0.3) is 0 Å². The molecule has 0 aliphatic carbocycles. The topological polar surface area (TPSA) is 110 Å². The van der Waals surface area contributed by atoms with Gasteiger partial charge in [-0.15, -0.1) is 0 Å². The van der Waals surface area contributed by atoms with E-state index in [0.29, 0.717) is 37.8 Å². The van der Waals surface area contributed by atoms with Crippen LogP contribution in [0.15, 0.2) is 64.6 Å². The van der Waals surface area contributed by atoms with Crippen molar-refractivity contribution < 1.29 is 12.8 Å². The summed E-state index contributed by atoms with van der Waals surface area (Å²) in [6.45, 7) is 5.49. The lowest BCUT2D eigenvalue weighted by Gasteiger charge is -2.34. The van der Waals surface area contributed by atoms with Crippen LogP contribution in [0.3, 0.4) is 0 Å². The van der Waals surface area contributed by atoms with E-state index < -0.39 is 10.0 Å². The quantitative estimate of drug-likeness (QED) is 0.442. The summed E-state index contributed by atoms with van der Waals surface area (Å²) >= 11 is 0. The molecule has 11 heteroatoms. The minimum atomic E-state index is -3.59. The lowest BCUT2D eigenvalue weighted by Crippen LogP contribution is -2.48. The van der Waals surface area contributed by atoms with E-state index in [1.54, 1.807) is 43.6 Å². The number of nitrogens with zero attached hydrogens (tertiary/aromatic N) is 7. The third-order valence-corrected chi connectivity index (χ3v) is 7.59. The van der Waals surface area contributed by atoms with Crippen LogP contribution >= 0.6 is 0 Å². The number of oxazole rings is 1. The van der Waals surface area contributed by atoms with Crippen molar-refractivity contribution in [3.8, 4) is 17.1 Å². The minimum Gasteiger partial charge on any atom is -0.449 e. The normalized spacial score (nSPS) is 15.2. The summed E-state index contributed by atoms with van der Waals surface area (Å²) in [5.41, 5.74) is 1.49. The second kappa shape index (κ2) is 8.41. The highest BCUT2D eigenvalue weighted by atomic mass is 32.2. The maximum atomic E-state index is 13.2. The number of hydrogen-bond donors (Lipinski definition) is 0. The van der Waals surface area contributed by atoms with E-state index in [2.05, 4.69) is 24.8 Å². The smallest absolute Gasteiger partial charge is 0.243 e. The molecule has 5 rings (SSSR count). The van der Waals surface area contributed by atoms with Crippen LogP contribution in [0.2, 0.25) is 0 Å². The number of sulfonamides is 1. The summed E-state index contributed by atoms with van der Waals surface area (Å²) in [6, 6.07) is 8.63. The van der Waals surface area contributed by atoms with Gasteiger partial charge in [0.1, 0.15) is 35.7 Å². The van der Waals surface area contributed by atoms with E-state index in [-0.39, 0.29) is 4.90 Å². The molecule has 0 spiro atoms. The Morgan fingerprint density at radius 3 is 2.30 bits per heavy atom. The predicted octanol–water partition coefficient (Wildman–Crippen LogP) is 2.45. The summed E-state index contributed by atoms with van der Waals surface area (Å²) in [6.07, 6.45) is 6.65. The van der Waals surface area contributed by atoms with E-state index in [4.69, 9.17) is 4.42 Å². The summed E-state index contributed by atoms with van der Waals surface area (Å²) in [5.74, 6) is 2.89. The molecular weight excluding hydrogens is 442 g/mol. The van der Waals surface area contributed by atoms with Crippen molar-refractivity contribution in [2.45, 2.75) is 18.7 Å². The van der Waals surface area contributed by atoms with E-state index >= 15 is 0 Å². The molecule has 1 aliphatic rings. The van der Waals surface area contributed by atoms with Crippen molar-refractivity contribution in [1.29, 1.82) is 0 Å². The minimum absolute atomic E-state index is 0.264.